The van der Waals surface area contributed by atoms with E-state index < -0.39 is 5.97 Å². The van der Waals surface area contributed by atoms with E-state index in [9.17, 15) is 4.79 Å². The molecule has 0 amide bonds. The van der Waals surface area contributed by atoms with Gasteiger partial charge in [0.15, 0.2) is 5.82 Å². The van der Waals surface area contributed by atoms with Gasteiger partial charge in [0.2, 0.25) is 5.69 Å². The van der Waals surface area contributed by atoms with Gasteiger partial charge in [0.1, 0.15) is 0 Å². The van der Waals surface area contributed by atoms with Gasteiger partial charge in [-0.3, -0.25) is 0 Å². The first kappa shape index (κ1) is 12.1. The Bertz CT molecular complexity index is 577. The number of aryl methyl sites for hydroxylation is 1. The molecule has 1 aromatic carbocycles. The van der Waals surface area contributed by atoms with Gasteiger partial charge in [-0.1, -0.05) is 23.4 Å². The summed E-state index contributed by atoms with van der Waals surface area (Å²) < 4.78 is 6.29. The van der Waals surface area contributed by atoms with Gasteiger partial charge in [-0.15, -0.1) is 5.10 Å². The van der Waals surface area contributed by atoms with E-state index in [1.807, 2.05) is 31.2 Å². The Kier molecular flexibility index (Phi) is 3.27. The molecule has 94 valence electrons. The predicted molar refractivity (Wildman–Crippen MR) is 66.5 cm³/mol. The normalized spacial score (nSPS) is 10.3. The summed E-state index contributed by atoms with van der Waals surface area (Å²) in [5.74, 6) is -0.377. The molecule has 18 heavy (non-hydrogen) atoms. The van der Waals surface area contributed by atoms with Gasteiger partial charge in [-0.25, -0.2) is 4.79 Å². The molecule has 6 heteroatoms. The number of rotatable bonds is 3. The lowest BCUT2D eigenvalue weighted by molar-refractivity contribution is 0.0520. The molecular weight excluding hydrogens is 232 g/mol. The van der Waals surface area contributed by atoms with Crippen molar-refractivity contribution in [2.75, 3.05) is 12.3 Å². The summed E-state index contributed by atoms with van der Waals surface area (Å²) in [5.41, 5.74) is 7.69. The summed E-state index contributed by atoms with van der Waals surface area (Å²) in [4.78, 5) is 11.6. The first-order chi connectivity index (χ1) is 8.65. The van der Waals surface area contributed by atoms with Crippen molar-refractivity contribution in [2.45, 2.75) is 13.8 Å². The highest BCUT2D eigenvalue weighted by Gasteiger charge is 2.19. The zero-order valence-corrected chi connectivity index (χ0v) is 10.3. The molecule has 0 atom stereocenters. The first-order valence-corrected chi connectivity index (χ1v) is 5.59. The predicted octanol–water partition coefficient (Wildman–Crippen LogP) is 1.33. The highest BCUT2D eigenvalue weighted by molar-refractivity contribution is 5.92. The van der Waals surface area contributed by atoms with Crippen molar-refractivity contribution in [2.24, 2.45) is 0 Å². The molecule has 0 fully saturated rings. The summed E-state index contributed by atoms with van der Waals surface area (Å²) in [6.45, 7) is 3.93. The van der Waals surface area contributed by atoms with Crippen LogP contribution in [-0.4, -0.2) is 27.6 Å². The monoisotopic (exact) mass is 246 g/mol. The van der Waals surface area contributed by atoms with Crippen molar-refractivity contribution < 1.29 is 9.53 Å². The van der Waals surface area contributed by atoms with E-state index in [1.165, 1.54) is 4.68 Å². The summed E-state index contributed by atoms with van der Waals surface area (Å²) in [7, 11) is 0. The topological polar surface area (TPSA) is 83.0 Å². The summed E-state index contributed by atoms with van der Waals surface area (Å²) in [5, 5.41) is 7.66. The standard InChI is InChI=1S/C12H14N4O2/c1-3-18-12(17)10-11(13)16(15-14-10)9-7-5-4-6-8(9)2/h4-7H,3,13H2,1-2H3. The Balaban J connectivity index is 2.43. The Morgan fingerprint density at radius 1 is 1.44 bits per heavy atom. The molecule has 0 aliphatic heterocycles. The summed E-state index contributed by atoms with van der Waals surface area (Å²) in [6, 6.07) is 7.57. The highest BCUT2D eigenvalue weighted by atomic mass is 16.5. The molecule has 0 saturated carbocycles. The minimum atomic E-state index is -0.560. The first-order valence-electron chi connectivity index (χ1n) is 5.59. The van der Waals surface area contributed by atoms with Crippen LogP contribution in [0.4, 0.5) is 5.82 Å². The molecule has 0 aliphatic rings. The Morgan fingerprint density at radius 3 is 2.83 bits per heavy atom. The molecule has 2 aromatic rings. The fraction of sp³-hybridized carbons (Fsp3) is 0.250. The molecule has 1 aromatic heterocycles. The molecule has 2 rings (SSSR count). The van der Waals surface area contributed by atoms with Crippen LogP contribution in [-0.2, 0) is 4.74 Å². The van der Waals surface area contributed by atoms with Crippen LogP contribution >= 0.6 is 0 Å². The third kappa shape index (κ3) is 2.04. The van der Waals surface area contributed by atoms with Gasteiger partial charge in [-0.05, 0) is 25.5 Å². The average Bonchev–Trinajstić information content (AvgIpc) is 2.72. The van der Waals surface area contributed by atoms with Crippen LogP contribution in [0.2, 0.25) is 0 Å². The minimum absolute atomic E-state index is 0.0418. The number of hydrogen-bond donors (Lipinski definition) is 1. The molecule has 0 bridgehead atoms. The van der Waals surface area contributed by atoms with Crippen molar-refractivity contribution in [3.8, 4) is 5.69 Å². The number of anilines is 1. The number of benzene rings is 1. The van der Waals surface area contributed by atoms with Gasteiger partial charge in [0, 0.05) is 0 Å². The largest absolute Gasteiger partial charge is 0.461 e. The second-order valence-electron chi connectivity index (χ2n) is 3.74. The van der Waals surface area contributed by atoms with Crippen molar-refractivity contribution in [3.63, 3.8) is 0 Å². The number of hydrogen-bond acceptors (Lipinski definition) is 5. The lowest BCUT2D eigenvalue weighted by Gasteiger charge is -2.06. The van der Waals surface area contributed by atoms with Crippen molar-refractivity contribution in [1.29, 1.82) is 0 Å². The Hall–Kier alpha value is -2.37. The number of nitrogens with zero attached hydrogens (tertiary/aromatic N) is 3. The molecular formula is C12H14N4O2. The van der Waals surface area contributed by atoms with Crippen LogP contribution < -0.4 is 5.73 Å². The average molecular weight is 246 g/mol. The lowest BCUT2D eigenvalue weighted by Crippen LogP contribution is -2.10. The third-order valence-electron chi connectivity index (χ3n) is 2.52. The number of esters is 1. The summed E-state index contributed by atoms with van der Waals surface area (Å²) in [6.07, 6.45) is 0. The smallest absolute Gasteiger partial charge is 0.362 e. The molecule has 2 N–H and O–H groups in total. The van der Waals surface area contributed by atoms with Crippen LogP contribution in [0, 0.1) is 6.92 Å². The number of ether oxygens (including phenoxy) is 1. The van der Waals surface area contributed by atoms with E-state index in [0.29, 0.717) is 0 Å². The molecule has 1 heterocycles. The highest BCUT2D eigenvalue weighted by Crippen LogP contribution is 2.18. The van der Waals surface area contributed by atoms with E-state index in [0.717, 1.165) is 11.3 Å². The second kappa shape index (κ2) is 4.87. The van der Waals surface area contributed by atoms with E-state index in [-0.39, 0.29) is 18.1 Å². The number of carbonyl (C=O) groups is 1. The number of carbonyl (C=O) groups excluding carboxylic acids is 1. The number of aromatic nitrogens is 3. The summed E-state index contributed by atoms with van der Waals surface area (Å²) >= 11 is 0. The quantitative estimate of drug-likeness (QED) is 0.826. The van der Waals surface area contributed by atoms with Gasteiger partial charge >= 0.3 is 5.97 Å². The van der Waals surface area contributed by atoms with Gasteiger partial charge < -0.3 is 10.5 Å². The van der Waals surface area contributed by atoms with Crippen LogP contribution in [0.15, 0.2) is 24.3 Å². The van der Waals surface area contributed by atoms with E-state index in [4.69, 9.17) is 10.5 Å². The molecule has 0 radical (unpaired) electrons. The van der Waals surface area contributed by atoms with E-state index >= 15 is 0 Å². The Morgan fingerprint density at radius 2 is 2.17 bits per heavy atom. The van der Waals surface area contributed by atoms with E-state index in [1.54, 1.807) is 6.92 Å². The maximum Gasteiger partial charge on any atom is 0.362 e. The fourth-order valence-electron chi connectivity index (χ4n) is 1.61. The Labute approximate surface area is 104 Å². The zero-order chi connectivity index (χ0) is 13.1. The van der Waals surface area contributed by atoms with Crippen LogP contribution in [0.3, 0.4) is 0 Å². The maximum absolute atomic E-state index is 11.6. The van der Waals surface area contributed by atoms with Crippen molar-refractivity contribution >= 4 is 11.8 Å². The second-order valence-corrected chi connectivity index (χ2v) is 3.74. The van der Waals surface area contributed by atoms with Crippen molar-refractivity contribution in [3.05, 3.63) is 35.5 Å². The number of nitrogens with two attached hydrogens (primary N) is 1. The fourth-order valence-corrected chi connectivity index (χ4v) is 1.61. The van der Waals surface area contributed by atoms with Crippen LogP contribution in [0.5, 0.6) is 0 Å². The molecule has 6 nitrogen and oxygen atoms in total. The van der Waals surface area contributed by atoms with Crippen LogP contribution in [0.25, 0.3) is 5.69 Å². The van der Waals surface area contributed by atoms with Crippen LogP contribution in [0.1, 0.15) is 23.0 Å². The molecule has 0 spiro atoms. The third-order valence-corrected chi connectivity index (χ3v) is 2.52. The van der Waals surface area contributed by atoms with E-state index in [2.05, 4.69) is 10.3 Å². The number of nitrogen functional groups attached to an aromatic ring is 1. The van der Waals surface area contributed by atoms with Gasteiger partial charge in [0.25, 0.3) is 0 Å². The van der Waals surface area contributed by atoms with Gasteiger partial charge in [-0.2, -0.15) is 4.68 Å². The molecule has 0 aliphatic carbocycles. The minimum Gasteiger partial charge on any atom is -0.461 e. The molecule has 0 saturated heterocycles. The molecule has 0 unspecified atom stereocenters. The SMILES string of the molecule is CCOC(=O)c1nnn(-c2ccccc2C)c1N. The maximum atomic E-state index is 11.6. The van der Waals surface area contributed by atoms with Gasteiger partial charge in [0.05, 0.1) is 12.3 Å². The zero-order valence-electron chi connectivity index (χ0n) is 10.3. The lowest BCUT2D eigenvalue weighted by atomic mass is 10.2. The van der Waals surface area contributed by atoms with Crippen molar-refractivity contribution in [1.82, 2.24) is 15.0 Å². The number of para-hydroxylation sites is 1.